The van der Waals surface area contributed by atoms with Crippen molar-refractivity contribution in [3.63, 3.8) is 0 Å². The van der Waals surface area contributed by atoms with E-state index in [0.29, 0.717) is 28.9 Å². The van der Waals surface area contributed by atoms with Gasteiger partial charge < -0.3 is 4.74 Å². The lowest BCUT2D eigenvalue weighted by Crippen LogP contribution is -1.98. The van der Waals surface area contributed by atoms with Crippen molar-refractivity contribution in [1.82, 2.24) is 0 Å². The predicted molar refractivity (Wildman–Crippen MR) is 48.4 cm³/mol. The van der Waals surface area contributed by atoms with Crippen LogP contribution in [0.4, 0.5) is 0 Å². The second-order valence-corrected chi connectivity index (χ2v) is 2.69. The summed E-state index contributed by atoms with van der Waals surface area (Å²) < 4.78 is 4.97. The van der Waals surface area contributed by atoms with Crippen molar-refractivity contribution in [2.45, 2.75) is 0 Å². The lowest BCUT2D eigenvalue weighted by atomic mass is 10.2. The maximum Gasteiger partial charge on any atom is 0.157 e. The van der Waals surface area contributed by atoms with Gasteiger partial charge in [-0.3, -0.25) is 9.59 Å². The first-order chi connectivity index (χ1) is 6.27. The Hall–Kier alpha value is -1.35. The first kappa shape index (κ1) is 9.74. The van der Waals surface area contributed by atoms with Crippen LogP contribution in [-0.4, -0.2) is 19.2 Å². The van der Waals surface area contributed by atoms with Gasteiger partial charge in [0.25, 0.3) is 0 Å². The molecular weight excluding hydrogens is 192 g/mol. The highest BCUT2D eigenvalue weighted by atomic mass is 35.5. The average Bonchev–Trinajstić information content (AvgIpc) is 2.16. The minimum Gasteiger partial charge on any atom is -0.485 e. The highest BCUT2D eigenvalue weighted by Gasteiger charge is 2.01. The van der Waals surface area contributed by atoms with Crippen LogP contribution >= 0.6 is 11.6 Å². The Kier molecular flexibility index (Phi) is 3.46. The molecule has 0 aliphatic heterocycles. The number of carbonyl (C=O) groups excluding carboxylic acids is 2. The zero-order valence-corrected chi connectivity index (χ0v) is 7.45. The largest absolute Gasteiger partial charge is 0.485 e. The number of ether oxygens (including phenoxy) is 1. The standard InChI is InChI=1S/C9H7ClO3/c10-8-5-7(6-12)1-2-9(8)13-4-3-11/h1-3,5-6H,4H2. The minimum absolute atomic E-state index is 0.0415. The Balaban J connectivity index is 2.84. The monoisotopic (exact) mass is 198 g/mol. The fraction of sp³-hybridized carbons (Fsp3) is 0.111. The molecule has 68 valence electrons. The van der Waals surface area contributed by atoms with Gasteiger partial charge in [0.15, 0.2) is 6.29 Å². The van der Waals surface area contributed by atoms with E-state index in [1.807, 2.05) is 0 Å². The first-order valence-corrected chi connectivity index (χ1v) is 3.97. The Morgan fingerprint density at radius 1 is 1.38 bits per heavy atom. The van der Waals surface area contributed by atoms with Crippen molar-refractivity contribution in [3.05, 3.63) is 28.8 Å². The molecular formula is C9H7ClO3. The Morgan fingerprint density at radius 3 is 2.69 bits per heavy atom. The van der Waals surface area contributed by atoms with Gasteiger partial charge >= 0.3 is 0 Å². The topological polar surface area (TPSA) is 43.4 Å². The molecule has 0 aliphatic rings. The molecule has 3 nitrogen and oxygen atoms in total. The van der Waals surface area contributed by atoms with Crippen LogP contribution in [0.5, 0.6) is 5.75 Å². The van der Waals surface area contributed by atoms with Crippen LogP contribution in [0.15, 0.2) is 18.2 Å². The van der Waals surface area contributed by atoms with Gasteiger partial charge in [-0.15, -0.1) is 0 Å². The fourth-order valence-electron chi connectivity index (χ4n) is 0.831. The number of rotatable bonds is 4. The van der Waals surface area contributed by atoms with E-state index >= 15 is 0 Å². The van der Waals surface area contributed by atoms with Crippen molar-refractivity contribution in [1.29, 1.82) is 0 Å². The molecule has 0 fully saturated rings. The minimum atomic E-state index is -0.0415. The quantitative estimate of drug-likeness (QED) is 0.692. The molecule has 1 aromatic rings. The zero-order valence-electron chi connectivity index (χ0n) is 6.70. The van der Waals surface area contributed by atoms with Crippen LogP contribution in [0.2, 0.25) is 5.02 Å². The van der Waals surface area contributed by atoms with Crippen LogP contribution in [0.1, 0.15) is 10.4 Å². The van der Waals surface area contributed by atoms with Crippen molar-refractivity contribution in [2.24, 2.45) is 0 Å². The number of aldehydes is 2. The van der Waals surface area contributed by atoms with Crippen LogP contribution in [0.3, 0.4) is 0 Å². The van der Waals surface area contributed by atoms with E-state index in [1.54, 1.807) is 12.1 Å². The smallest absolute Gasteiger partial charge is 0.157 e. The number of hydrogen-bond acceptors (Lipinski definition) is 3. The number of halogens is 1. The molecule has 13 heavy (non-hydrogen) atoms. The third kappa shape index (κ3) is 2.56. The van der Waals surface area contributed by atoms with Gasteiger partial charge in [-0.1, -0.05) is 11.6 Å². The van der Waals surface area contributed by atoms with Crippen LogP contribution in [-0.2, 0) is 4.79 Å². The summed E-state index contributed by atoms with van der Waals surface area (Å²) in [6.07, 6.45) is 1.32. The Bertz CT molecular complexity index is 323. The summed E-state index contributed by atoms with van der Waals surface area (Å²) in [6.45, 7) is -0.0415. The van der Waals surface area contributed by atoms with Gasteiger partial charge in [0.1, 0.15) is 18.6 Å². The molecule has 0 unspecified atom stereocenters. The molecule has 0 N–H and O–H groups in total. The van der Waals surface area contributed by atoms with E-state index in [2.05, 4.69) is 0 Å². The molecule has 1 aromatic carbocycles. The molecule has 0 spiro atoms. The molecule has 0 amide bonds. The molecule has 0 radical (unpaired) electrons. The molecule has 0 heterocycles. The summed E-state index contributed by atoms with van der Waals surface area (Å²) in [5.41, 5.74) is 0.475. The molecule has 0 bridgehead atoms. The highest BCUT2D eigenvalue weighted by molar-refractivity contribution is 6.32. The molecule has 0 saturated heterocycles. The third-order valence-electron chi connectivity index (χ3n) is 1.40. The highest BCUT2D eigenvalue weighted by Crippen LogP contribution is 2.24. The number of hydrogen-bond donors (Lipinski definition) is 0. The average molecular weight is 199 g/mol. The molecule has 4 heteroatoms. The van der Waals surface area contributed by atoms with Crippen molar-refractivity contribution < 1.29 is 14.3 Å². The van der Waals surface area contributed by atoms with Crippen LogP contribution < -0.4 is 4.74 Å². The molecule has 0 atom stereocenters. The lowest BCUT2D eigenvalue weighted by molar-refractivity contribution is -0.109. The molecule has 0 saturated carbocycles. The van der Waals surface area contributed by atoms with E-state index in [9.17, 15) is 9.59 Å². The van der Waals surface area contributed by atoms with Crippen LogP contribution in [0, 0.1) is 0 Å². The van der Waals surface area contributed by atoms with Gasteiger partial charge in [-0.05, 0) is 18.2 Å². The molecule has 1 rings (SSSR count). The van der Waals surface area contributed by atoms with Crippen LogP contribution in [0.25, 0.3) is 0 Å². The van der Waals surface area contributed by atoms with Gasteiger partial charge in [-0.25, -0.2) is 0 Å². The van der Waals surface area contributed by atoms with Gasteiger partial charge in [-0.2, -0.15) is 0 Å². The van der Waals surface area contributed by atoms with E-state index in [4.69, 9.17) is 16.3 Å². The fourth-order valence-corrected chi connectivity index (χ4v) is 1.07. The maximum absolute atomic E-state index is 10.3. The summed E-state index contributed by atoms with van der Waals surface area (Å²) in [5, 5.41) is 0.325. The Labute approximate surface area is 80.3 Å². The Morgan fingerprint density at radius 2 is 2.15 bits per heavy atom. The van der Waals surface area contributed by atoms with Gasteiger partial charge in [0.05, 0.1) is 5.02 Å². The second-order valence-electron chi connectivity index (χ2n) is 2.29. The normalized spacial score (nSPS) is 9.31. The van der Waals surface area contributed by atoms with E-state index in [1.165, 1.54) is 6.07 Å². The SMILES string of the molecule is O=CCOc1ccc(C=O)cc1Cl. The number of benzene rings is 1. The first-order valence-electron chi connectivity index (χ1n) is 3.59. The maximum atomic E-state index is 10.3. The van der Waals surface area contributed by atoms with E-state index in [0.717, 1.165) is 0 Å². The van der Waals surface area contributed by atoms with Gasteiger partial charge in [0, 0.05) is 5.56 Å². The molecule has 0 aromatic heterocycles. The lowest BCUT2D eigenvalue weighted by Gasteiger charge is -2.03. The zero-order chi connectivity index (χ0) is 9.68. The van der Waals surface area contributed by atoms with Crippen molar-refractivity contribution in [2.75, 3.05) is 6.61 Å². The van der Waals surface area contributed by atoms with Crippen molar-refractivity contribution in [3.8, 4) is 5.75 Å². The van der Waals surface area contributed by atoms with E-state index < -0.39 is 0 Å². The summed E-state index contributed by atoms with van der Waals surface area (Å²) in [5.74, 6) is 0.402. The van der Waals surface area contributed by atoms with Crippen molar-refractivity contribution >= 4 is 24.2 Å². The summed E-state index contributed by atoms with van der Waals surface area (Å²) in [6, 6.07) is 4.60. The summed E-state index contributed by atoms with van der Waals surface area (Å²) in [4.78, 5) is 20.3. The summed E-state index contributed by atoms with van der Waals surface area (Å²) in [7, 11) is 0. The summed E-state index contributed by atoms with van der Waals surface area (Å²) >= 11 is 5.74. The van der Waals surface area contributed by atoms with Gasteiger partial charge in [0.2, 0.25) is 0 Å². The number of carbonyl (C=O) groups is 2. The molecule has 0 aliphatic carbocycles. The third-order valence-corrected chi connectivity index (χ3v) is 1.69. The predicted octanol–water partition coefficient (Wildman–Crippen LogP) is 1.73. The second kappa shape index (κ2) is 4.62. The van der Waals surface area contributed by atoms with E-state index in [-0.39, 0.29) is 6.61 Å².